The summed E-state index contributed by atoms with van der Waals surface area (Å²) in [7, 11) is 0. The van der Waals surface area contributed by atoms with E-state index in [2.05, 4.69) is 37.2 Å². The summed E-state index contributed by atoms with van der Waals surface area (Å²) in [6, 6.07) is 1.72. The molecule has 8 heteroatoms. The van der Waals surface area contributed by atoms with E-state index in [-0.39, 0.29) is 11.8 Å². The number of nitrogens with one attached hydrogen (secondary N) is 1. The number of hydrogen-bond acceptors (Lipinski definition) is 7. The third-order valence-corrected chi connectivity index (χ3v) is 4.38. The van der Waals surface area contributed by atoms with Crippen molar-refractivity contribution >= 4 is 11.9 Å². The van der Waals surface area contributed by atoms with Gasteiger partial charge in [-0.3, -0.25) is 15.0 Å². The first kappa shape index (κ1) is 17.5. The van der Waals surface area contributed by atoms with Crippen molar-refractivity contribution in [3.05, 3.63) is 30.2 Å². The largest absolute Gasteiger partial charge is 0.339 e. The van der Waals surface area contributed by atoms with Crippen molar-refractivity contribution < 1.29 is 9.32 Å². The summed E-state index contributed by atoms with van der Waals surface area (Å²) in [6.45, 7) is 4.49. The minimum Gasteiger partial charge on any atom is -0.339 e. The van der Waals surface area contributed by atoms with Crippen LogP contribution in [0.3, 0.4) is 0 Å². The van der Waals surface area contributed by atoms with E-state index in [0.717, 1.165) is 51.0 Å². The number of carbonyl (C=O) groups excluding carboxylic acids is 1. The molecule has 1 aliphatic heterocycles. The molecule has 0 radical (unpaired) electrons. The highest BCUT2D eigenvalue weighted by molar-refractivity contribution is 5.90. The molecule has 0 unspecified atom stereocenters. The van der Waals surface area contributed by atoms with E-state index in [9.17, 15) is 4.79 Å². The molecule has 0 spiro atoms. The summed E-state index contributed by atoms with van der Waals surface area (Å²) in [4.78, 5) is 27.0. The molecule has 0 saturated carbocycles. The minimum atomic E-state index is -0.00885. The quantitative estimate of drug-likeness (QED) is 0.821. The van der Waals surface area contributed by atoms with Gasteiger partial charge in [-0.1, -0.05) is 18.5 Å². The van der Waals surface area contributed by atoms with Crippen molar-refractivity contribution in [2.75, 3.05) is 18.4 Å². The lowest BCUT2D eigenvalue weighted by atomic mass is 9.96. The number of hydrogen-bond donors (Lipinski definition) is 1. The standard InChI is InChI=1S/C17H24N6O2/c1-2-3-5-15-20-14(22-25-15)12-23-10-6-13(7-11-23)16(24)21-17-18-8-4-9-19-17/h4,8-9,13H,2-3,5-7,10-12H2,1H3,(H,18,19,21,24). The van der Waals surface area contributed by atoms with Gasteiger partial charge in [-0.05, 0) is 38.4 Å². The van der Waals surface area contributed by atoms with Crippen molar-refractivity contribution in [1.29, 1.82) is 0 Å². The Balaban J connectivity index is 1.44. The SMILES string of the molecule is CCCCc1nc(CN2CCC(C(=O)Nc3ncccn3)CC2)no1. The number of rotatable bonds is 7. The van der Waals surface area contributed by atoms with Gasteiger partial charge in [0.05, 0.1) is 6.54 Å². The van der Waals surface area contributed by atoms with Crippen molar-refractivity contribution in [2.24, 2.45) is 5.92 Å². The molecule has 1 amide bonds. The summed E-state index contributed by atoms with van der Waals surface area (Å²) in [5.41, 5.74) is 0. The Hall–Kier alpha value is -2.35. The lowest BCUT2D eigenvalue weighted by Crippen LogP contribution is -2.38. The van der Waals surface area contributed by atoms with Crippen molar-refractivity contribution in [3.8, 4) is 0 Å². The van der Waals surface area contributed by atoms with Crippen LogP contribution in [0.4, 0.5) is 5.95 Å². The maximum Gasteiger partial charge on any atom is 0.229 e. The average Bonchev–Trinajstić information content (AvgIpc) is 3.08. The summed E-state index contributed by atoms with van der Waals surface area (Å²) in [5.74, 6) is 1.79. The fourth-order valence-corrected chi connectivity index (χ4v) is 2.91. The zero-order chi connectivity index (χ0) is 17.5. The molecule has 0 aromatic carbocycles. The van der Waals surface area contributed by atoms with Gasteiger partial charge in [0.1, 0.15) is 0 Å². The number of anilines is 1. The van der Waals surface area contributed by atoms with Gasteiger partial charge >= 0.3 is 0 Å². The van der Waals surface area contributed by atoms with E-state index in [0.29, 0.717) is 18.4 Å². The van der Waals surface area contributed by atoms with E-state index in [1.807, 2.05) is 0 Å². The Morgan fingerprint density at radius 1 is 1.32 bits per heavy atom. The van der Waals surface area contributed by atoms with Gasteiger partial charge < -0.3 is 4.52 Å². The second kappa shape index (κ2) is 8.66. The van der Waals surface area contributed by atoms with Gasteiger partial charge in [0.15, 0.2) is 5.82 Å². The third kappa shape index (κ3) is 5.06. The first-order valence-electron chi connectivity index (χ1n) is 8.86. The van der Waals surface area contributed by atoms with E-state index >= 15 is 0 Å². The highest BCUT2D eigenvalue weighted by Crippen LogP contribution is 2.20. The zero-order valence-electron chi connectivity index (χ0n) is 14.5. The maximum atomic E-state index is 12.3. The topological polar surface area (TPSA) is 97.0 Å². The molecule has 0 aliphatic carbocycles. The number of nitrogens with zero attached hydrogens (tertiary/aromatic N) is 5. The fourth-order valence-electron chi connectivity index (χ4n) is 2.91. The molecule has 0 atom stereocenters. The maximum absolute atomic E-state index is 12.3. The average molecular weight is 344 g/mol. The summed E-state index contributed by atoms with van der Waals surface area (Å²) in [6.07, 6.45) is 7.86. The van der Waals surface area contributed by atoms with Gasteiger partial charge in [-0.15, -0.1) is 0 Å². The molecule has 3 heterocycles. The third-order valence-electron chi connectivity index (χ3n) is 4.38. The van der Waals surface area contributed by atoms with Crippen molar-refractivity contribution in [1.82, 2.24) is 25.0 Å². The molecule has 0 bridgehead atoms. The van der Waals surface area contributed by atoms with Crippen LogP contribution in [-0.2, 0) is 17.8 Å². The normalized spacial score (nSPS) is 16.0. The van der Waals surface area contributed by atoms with Gasteiger partial charge in [-0.25, -0.2) is 9.97 Å². The highest BCUT2D eigenvalue weighted by atomic mass is 16.5. The number of likely N-dealkylation sites (tertiary alicyclic amines) is 1. The predicted octanol–water partition coefficient (Wildman–Crippen LogP) is 2.05. The molecule has 134 valence electrons. The first-order valence-corrected chi connectivity index (χ1v) is 8.86. The molecule has 1 saturated heterocycles. The van der Waals surface area contributed by atoms with E-state index in [1.54, 1.807) is 18.5 Å². The second-order valence-electron chi connectivity index (χ2n) is 6.32. The van der Waals surface area contributed by atoms with Crippen LogP contribution >= 0.6 is 0 Å². The summed E-state index contributed by atoms with van der Waals surface area (Å²) in [5, 5.41) is 6.83. The second-order valence-corrected chi connectivity index (χ2v) is 6.32. The molecule has 2 aromatic rings. The predicted molar refractivity (Wildman–Crippen MR) is 91.6 cm³/mol. The number of unbranched alkanes of at least 4 members (excludes halogenated alkanes) is 1. The fraction of sp³-hybridized carbons (Fsp3) is 0.588. The Bertz CT molecular complexity index is 667. The first-order chi connectivity index (χ1) is 12.2. The van der Waals surface area contributed by atoms with Crippen LogP contribution in [0.25, 0.3) is 0 Å². The van der Waals surface area contributed by atoms with E-state index < -0.39 is 0 Å². The number of aromatic nitrogens is 4. The molecule has 2 aromatic heterocycles. The number of aryl methyl sites for hydroxylation is 1. The van der Waals surface area contributed by atoms with Crippen molar-refractivity contribution in [2.45, 2.75) is 45.6 Å². The minimum absolute atomic E-state index is 0.00716. The van der Waals surface area contributed by atoms with Gasteiger partial charge in [0, 0.05) is 24.7 Å². The van der Waals surface area contributed by atoms with Crippen LogP contribution in [0, 0.1) is 5.92 Å². The molecule has 25 heavy (non-hydrogen) atoms. The number of piperidine rings is 1. The molecule has 3 rings (SSSR count). The monoisotopic (exact) mass is 344 g/mol. The van der Waals surface area contributed by atoms with Crippen LogP contribution in [0.2, 0.25) is 0 Å². The van der Waals surface area contributed by atoms with Gasteiger partial charge in [0.2, 0.25) is 17.7 Å². The highest BCUT2D eigenvalue weighted by Gasteiger charge is 2.26. The Labute approximate surface area is 147 Å². The molecular weight excluding hydrogens is 320 g/mol. The van der Waals surface area contributed by atoms with E-state index in [1.165, 1.54) is 0 Å². The lowest BCUT2D eigenvalue weighted by molar-refractivity contribution is -0.121. The molecule has 1 N–H and O–H groups in total. The smallest absolute Gasteiger partial charge is 0.229 e. The van der Waals surface area contributed by atoms with Gasteiger partial charge in [0.25, 0.3) is 0 Å². The molecule has 8 nitrogen and oxygen atoms in total. The Morgan fingerprint density at radius 2 is 2.08 bits per heavy atom. The van der Waals surface area contributed by atoms with E-state index in [4.69, 9.17) is 4.52 Å². The summed E-state index contributed by atoms with van der Waals surface area (Å²) >= 11 is 0. The molecule has 1 fully saturated rings. The van der Waals surface area contributed by atoms with Gasteiger partial charge in [-0.2, -0.15) is 4.98 Å². The molecule has 1 aliphatic rings. The lowest BCUT2D eigenvalue weighted by Gasteiger charge is -2.30. The molecular formula is C17H24N6O2. The van der Waals surface area contributed by atoms with Crippen LogP contribution in [-0.4, -0.2) is 44.0 Å². The van der Waals surface area contributed by atoms with Crippen LogP contribution < -0.4 is 5.32 Å². The van der Waals surface area contributed by atoms with Crippen LogP contribution in [0.5, 0.6) is 0 Å². The number of amides is 1. The zero-order valence-corrected chi connectivity index (χ0v) is 14.5. The van der Waals surface area contributed by atoms with Crippen LogP contribution in [0.1, 0.15) is 44.3 Å². The summed E-state index contributed by atoms with van der Waals surface area (Å²) < 4.78 is 5.27. The van der Waals surface area contributed by atoms with Crippen LogP contribution in [0.15, 0.2) is 23.0 Å². The van der Waals surface area contributed by atoms with Crippen molar-refractivity contribution in [3.63, 3.8) is 0 Å². The Morgan fingerprint density at radius 3 is 2.80 bits per heavy atom. The Kier molecular flexibility index (Phi) is 6.05. The number of carbonyl (C=O) groups is 1.